The predicted octanol–water partition coefficient (Wildman–Crippen LogP) is 17.7. The Morgan fingerprint density at radius 3 is 1.77 bits per heavy atom. The second kappa shape index (κ2) is 19.0. The minimum Gasteiger partial charge on any atom is -0.507 e. The molecule has 5 heteroatoms. The van der Waals surface area contributed by atoms with Gasteiger partial charge < -0.3 is 5.11 Å². The molecule has 9 aromatic rings. The van der Waals surface area contributed by atoms with Crippen LogP contribution < -0.4 is 0 Å². The van der Waals surface area contributed by atoms with Gasteiger partial charge in [-0.15, -0.1) is 29.3 Å². The van der Waals surface area contributed by atoms with Crippen molar-refractivity contribution >= 4 is 11.0 Å². The summed E-state index contributed by atoms with van der Waals surface area (Å²) < 4.78 is 29.5. The summed E-state index contributed by atoms with van der Waals surface area (Å²) in [5.74, 6) is 0.627. The van der Waals surface area contributed by atoms with E-state index in [1.807, 2.05) is 60.8 Å². The summed E-state index contributed by atoms with van der Waals surface area (Å²) in [7, 11) is 0. The first-order valence-corrected chi connectivity index (χ1v) is 24.5. The summed E-state index contributed by atoms with van der Waals surface area (Å²) in [6, 6.07) is 53.6. The molecule has 2 aromatic heterocycles. The smallest absolute Gasteiger partial charge is 0.148 e. The molecular formula is C66H68N3OPt-. The van der Waals surface area contributed by atoms with Gasteiger partial charge in [-0.2, -0.15) is 0 Å². The predicted molar refractivity (Wildman–Crippen MR) is 296 cm³/mol. The van der Waals surface area contributed by atoms with Crippen LogP contribution in [0.1, 0.15) is 121 Å². The van der Waals surface area contributed by atoms with Crippen LogP contribution in [0.15, 0.2) is 152 Å². The topological polar surface area (TPSA) is 50.9 Å². The zero-order chi connectivity index (χ0) is 52.6. The summed E-state index contributed by atoms with van der Waals surface area (Å²) >= 11 is 0. The molecule has 0 spiro atoms. The van der Waals surface area contributed by atoms with Crippen molar-refractivity contribution in [1.82, 2.24) is 14.5 Å². The van der Waals surface area contributed by atoms with Crippen molar-refractivity contribution in [3.8, 4) is 78.6 Å². The fourth-order valence-corrected chi connectivity index (χ4v) is 9.35. The molecule has 1 N–H and O–H groups in total. The molecular weight excluding hydrogens is 1050 g/mol. The molecule has 0 bridgehead atoms. The van der Waals surface area contributed by atoms with Crippen molar-refractivity contribution in [2.75, 3.05) is 0 Å². The van der Waals surface area contributed by atoms with Crippen LogP contribution in [0.4, 0.5) is 0 Å². The number of imidazole rings is 1. The minimum absolute atomic E-state index is 0. The Morgan fingerprint density at radius 2 is 1.14 bits per heavy atom. The molecule has 9 rings (SSSR count). The molecule has 7 aromatic carbocycles. The quantitative estimate of drug-likeness (QED) is 0.162. The van der Waals surface area contributed by atoms with Gasteiger partial charge in [0.15, 0.2) is 0 Å². The average molecular weight is 1120 g/mol. The summed E-state index contributed by atoms with van der Waals surface area (Å²) in [5, 5.41) is 12.7. The number of phenolic OH excluding ortho intramolecular Hbond substituents is 1. The van der Waals surface area contributed by atoms with Gasteiger partial charge in [-0.1, -0.05) is 203 Å². The third kappa shape index (κ3) is 10.2. The van der Waals surface area contributed by atoms with Crippen molar-refractivity contribution in [3.63, 3.8) is 0 Å². The van der Waals surface area contributed by atoms with Crippen LogP contribution in [-0.4, -0.2) is 19.6 Å². The van der Waals surface area contributed by atoms with Crippen LogP contribution >= 0.6 is 0 Å². The molecule has 0 saturated carbocycles. The number of phenols is 1. The molecule has 71 heavy (non-hydrogen) atoms. The van der Waals surface area contributed by atoms with Gasteiger partial charge in [0.2, 0.25) is 0 Å². The Morgan fingerprint density at radius 1 is 0.521 bits per heavy atom. The maximum absolute atomic E-state index is 12.7. The van der Waals surface area contributed by atoms with Crippen molar-refractivity contribution in [3.05, 3.63) is 191 Å². The second-order valence-electron chi connectivity index (χ2n) is 23.2. The van der Waals surface area contributed by atoms with E-state index >= 15 is 0 Å². The number of aryl methyl sites for hydroxylation is 2. The number of fused-ring (bicyclic) bond motifs is 1. The third-order valence-electron chi connectivity index (χ3n) is 13.7. The van der Waals surface area contributed by atoms with Crippen LogP contribution in [0.3, 0.4) is 0 Å². The van der Waals surface area contributed by atoms with Crippen molar-refractivity contribution in [1.29, 1.82) is 0 Å². The maximum atomic E-state index is 12.7. The van der Waals surface area contributed by atoms with E-state index in [1.54, 1.807) is 0 Å². The fraction of sp³-hybridized carbons (Fsp3) is 0.273. The van der Waals surface area contributed by atoms with Gasteiger partial charge in [0, 0.05) is 48.2 Å². The summed E-state index contributed by atoms with van der Waals surface area (Å²) in [6.07, 6.45) is 1.87. The molecule has 0 aliphatic rings. The van der Waals surface area contributed by atoms with E-state index in [0.29, 0.717) is 28.2 Å². The number of hydrogen-bond donors (Lipinski definition) is 1. The average Bonchev–Trinajstić information content (AvgIpc) is 3.72. The fourth-order valence-electron chi connectivity index (χ4n) is 9.35. The largest absolute Gasteiger partial charge is 0.507 e. The van der Waals surface area contributed by atoms with E-state index in [1.165, 1.54) is 5.56 Å². The molecule has 0 saturated heterocycles. The number of benzene rings is 7. The minimum atomic E-state index is -2.50. The zero-order valence-corrected chi connectivity index (χ0v) is 45.8. The number of para-hydroxylation sites is 1. The van der Waals surface area contributed by atoms with E-state index in [0.717, 1.165) is 78.0 Å². The molecule has 0 radical (unpaired) electrons. The van der Waals surface area contributed by atoms with Crippen molar-refractivity contribution in [2.45, 2.75) is 119 Å². The van der Waals surface area contributed by atoms with E-state index in [2.05, 4.69) is 192 Å². The number of aromatic nitrogens is 3. The molecule has 0 atom stereocenters. The molecule has 364 valence electrons. The van der Waals surface area contributed by atoms with Gasteiger partial charge in [-0.3, -0.25) is 9.55 Å². The normalized spacial score (nSPS) is 13.1. The monoisotopic (exact) mass is 1120 g/mol. The molecule has 0 fully saturated rings. The number of hydrogen-bond acceptors (Lipinski definition) is 3. The van der Waals surface area contributed by atoms with Gasteiger partial charge in [0.1, 0.15) is 11.6 Å². The van der Waals surface area contributed by atoms with Gasteiger partial charge in [-0.05, 0) is 110 Å². The maximum Gasteiger partial charge on any atom is 0.148 e. The Labute approximate surface area is 441 Å². The molecule has 0 aliphatic heterocycles. The Kier molecular flexibility index (Phi) is 12.6. The van der Waals surface area contributed by atoms with E-state index in [-0.39, 0.29) is 48.6 Å². The van der Waals surface area contributed by atoms with Crippen LogP contribution in [-0.2, 0) is 42.7 Å². The van der Waals surface area contributed by atoms with Crippen molar-refractivity contribution < 1.29 is 30.3 Å². The number of rotatable bonds is 7. The van der Waals surface area contributed by atoms with Crippen LogP contribution in [0.2, 0.25) is 0 Å². The second-order valence-corrected chi connectivity index (χ2v) is 23.2. The van der Waals surface area contributed by atoms with Gasteiger partial charge >= 0.3 is 0 Å². The summed E-state index contributed by atoms with van der Waals surface area (Å²) in [6.45, 7) is 25.7. The Hall–Kier alpha value is -6.35. The molecule has 0 unspecified atom stereocenters. The van der Waals surface area contributed by atoms with E-state index in [4.69, 9.17) is 14.1 Å². The number of nitrogens with zero attached hydrogens (tertiary/aromatic N) is 3. The SMILES string of the molecule is [2H]C([2H])([2H])c1cc(-n2c(-c3cc(C(C)(C)C)cc(C(C)(C)C)c3O)nc3c(-c4[c-]c(-c5cc(-c6ccc(C)cc6)ccn5)cc(C(C)(C)C)c4)cccc32)c(-c2ccccc2)cc1-c1ccc(C(C)(C)C)cc1.[Pt]. The Balaban J connectivity index is 0.00000729. The first-order valence-electron chi connectivity index (χ1n) is 26.0. The molecule has 0 amide bonds. The van der Waals surface area contributed by atoms with Crippen LogP contribution in [0.5, 0.6) is 5.75 Å². The number of aromatic hydroxyl groups is 1. The van der Waals surface area contributed by atoms with E-state index < -0.39 is 12.3 Å². The summed E-state index contributed by atoms with van der Waals surface area (Å²) in [4.78, 5) is 10.6. The zero-order valence-electron chi connectivity index (χ0n) is 46.5. The van der Waals surface area contributed by atoms with Crippen LogP contribution in [0, 0.1) is 19.8 Å². The third-order valence-corrected chi connectivity index (χ3v) is 13.7. The Bertz CT molecular complexity index is 3530. The standard InChI is InChI=1S/C66H68N3O.Pt/c1-41-23-25-43(26-24-41)46-31-32-67-57(37-46)48-34-47(35-50(36-48)64(6,7)8)52-21-18-22-58-60(52)68-62(55-38-51(65(9,10)11)39-56(61(55)70)66(12,13)14)69(58)59-33-42(2)53(40-54(59)44-19-16-15-17-20-44)45-27-29-49(30-28-45)63(3,4)5;/h15-33,35-40,70H,1-14H3;/q-1;/i2D3;. The van der Waals surface area contributed by atoms with E-state index in [9.17, 15) is 5.11 Å². The summed E-state index contributed by atoms with van der Waals surface area (Å²) in [5.41, 5.74) is 15.8. The molecule has 4 nitrogen and oxygen atoms in total. The van der Waals surface area contributed by atoms with Gasteiger partial charge in [0.05, 0.1) is 22.3 Å². The molecule has 2 heterocycles. The molecule has 0 aliphatic carbocycles. The van der Waals surface area contributed by atoms with Crippen LogP contribution in [0.25, 0.3) is 83.9 Å². The number of pyridine rings is 1. The first kappa shape index (κ1) is 47.0. The van der Waals surface area contributed by atoms with Crippen molar-refractivity contribution in [2.24, 2.45) is 0 Å². The van der Waals surface area contributed by atoms with Gasteiger partial charge in [0.25, 0.3) is 0 Å². The van der Waals surface area contributed by atoms with Gasteiger partial charge in [-0.25, -0.2) is 4.98 Å². The first-order chi connectivity index (χ1) is 34.2.